The summed E-state index contributed by atoms with van der Waals surface area (Å²) in [5, 5.41) is 0. The molecule has 138 valence electrons. The zero-order valence-electron chi connectivity index (χ0n) is 14.6. The average Bonchev–Trinajstić information content (AvgIpc) is 3.39. The Labute approximate surface area is 149 Å². The monoisotopic (exact) mass is 366 g/mol. The minimum atomic E-state index is -3.64. The molecule has 0 radical (unpaired) electrons. The van der Waals surface area contributed by atoms with Crippen LogP contribution in [0.1, 0.15) is 39.0 Å². The van der Waals surface area contributed by atoms with Crippen molar-refractivity contribution in [3.05, 3.63) is 24.3 Å². The molecule has 1 amide bonds. The Morgan fingerprint density at radius 1 is 1.32 bits per heavy atom. The maximum Gasteiger partial charge on any atom is 0.243 e. The molecule has 0 bridgehead atoms. The molecular weight excluding hydrogens is 340 g/mol. The second kappa shape index (κ2) is 6.96. The first-order valence-electron chi connectivity index (χ1n) is 8.90. The molecule has 0 aromatic heterocycles. The second-order valence-electron chi connectivity index (χ2n) is 7.14. The molecule has 1 aliphatic heterocycles. The van der Waals surface area contributed by atoms with Gasteiger partial charge >= 0.3 is 0 Å². The summed E-state index contributed by atoms with van der Waals surface area (Å²) < 4.78 is 32.8. The van der Waals surface area contributed by atoms with E-state index in [-0.39, 0.29) is 17.3 Å². The Morgan fingerprint density at radius 2 is 2.00 bits per heavy atom. The first-order valence-corrected chi connectivity index (χ1v) is 10.3. The van der Waals surface area contributed by atoms with Gasteiger partial charge in [-0.15, -0.1) is 0 Å². The molecule has 2 aliphatic rings. The van der Waals surface area contributed by atoms with E-state index in [0.717, 1.165) is 12.8 Å². The van der Waals surface area contributed by atoms with Gasteiger partial charge in [-0.05, 0) is 56.4 Å². The second-order valence-corrected chi connectivity index (χ2v) is 9.08. The topological polar surface area (TPSA) is 89.7 Å². The van der Waals surface area contributed by atoms with E-state index in [1.165, 1.54) is 4.31 Å². The standard InChI is InChI=1S/C18H26N2O4S/c1-2-24-15-6-8-16(9-7-15)25(22,23)20-11-3-10-18(13-20,17(19)21)12-14-4-5-14/h6-9,14H,2-5,10-13H2,1H3,(H2,19,21). The number of nitrogens with zero attached hydrogens (tertiary/aromatic N) is 1. The van der Waals surface area contributed by atoms with E-state index in [2.05, 4.69) is 0 Å². The van der Waals surface area contributed by atoms with E-state index in [0.29, 0.717) is 44.1 Å². The van der Waals surface area contributed by atoms with Gasteiger partial charge in [0.25, 0.3) is 0 Å². The van der Waals surface area contributed by atoms with Gasteiger partial charge in [-0.3, -0.25) is 4.79 Å². The van der Waals surface area contributed by atoms with E-state index in [4.69, 9.17) is 10.5 Å². The Morgan fingerprint density at radius 3 is 2.56 bits per heavy atom. The number of carbonyl (C=O) groups is 1. The number of benzene rings is 1. The third-order valence-corrected chi connectivity index (χ3v) is 7.07. The quantitative estimate of drug-likeness (QED) is 0.800. The Balaban J connectivity index is 1.82. The van der Waals surface area contributed by atoms with E-state index in [1.54, 1.807) is 24.3 Å². The normalized spacial score (nSPS) is 24.8. The molecule has 6 nitrogen and oxygen atoms in total. The van der Waals surface area contributed by atoms with Crippen LogP contribution < -0.4 is 10.5 Å². The number of rotatable bonds is 7. The molecule has 1 saturated carbocycles. The molecule has 7 heteroatoms. The maximum atomic E-state index is 13.0. The zero-order chi connectivity index (χ0) is 18.1. The fraction of sp³-hybridized carbons (Fsp3) is 0.611. The lowest BCUT2D eigenvalue weighted by Crippen LogP contribution is -2.52. The molecular formula is C18H26N2O4S. The first kappa shape index (κ1) is 18.2. The summed E-state index contributed by atoms with van der Waals surface area (Å²) in [5.74, 6) is 0.784. The number of sulfonamides is 1. The summed E-state index contributed by atoms with van der Waals surface area (Å²) >= 11 is 0. The van der Waals surface area contributed by atoms with Crippen molar-refractivity contribution in [3.63, 3.8) is 0 Å². The van der Waals surface area contributed by atoms with Crippen molar-refractivity contribution in [1.82, 2.24) is 4.31 Å². The van der Waals surface area contributed by atoms with Crippen LogP contribution >= 0.6 is 0 Å². The van der Waals surface area contributed by atoms with Crippen LogP contribution in [-0.2, 0) is 14.8 Å². The van der Waals surface area contributed by atoms with Crippen molar-refractivity contribution in [2.24, 2.45) is 17.1 Å². The Kier molecular flexibility index (Phi) is 5.06. The summed E-state index contributed by atoms with van der Waals surface area (Å²) in [4.78, 5) is 12.4. The lowest BCUT2D eigenvalue weighted by molar-refractivity contribution is -0.130. The predicted molar refractivity (Wildman–Crippen MR) is 94.6 cm³/mol. The summed E-state index contributed by atoms with van der Waals surface area (Å²) in [6.45, 7) is 3.02. The summed E-state index contributed by atoms with van der Waals surface area (Å²) in [6, 6.07) is 6.43. The van der Waals surface area contributed by atoms with Crippen molar-refractivity contribution in [2.45, 2.75) is 43.9 Å². The summed E-state index contributed by atoms with van der Waals surface area (Å²) in [7, 11) is -3.64. The van der Waals surface area contributed by atoms with Crippen molar-refractivity contribution >= 4 is 15.9 Å². The van der Waals surface area contributed by atoms with Crippen LogP contribution in [0.5, 0.6) is 5.75 Å². The maximum absolute atomic E-state index is 13.0. The van der Waals surface area contributed by atoms with Gasteiger partial charge in [0.15, 0.2) is 0 Å². The highest BCUT2D eigenvalue weighted by atomic mass is 32.2. The number of hydrogen-bond donors (Lipinski definition) is 1. The molecule has 1 aromatic rings. The largest absolute Gasteiger partial charge is 0.494 e. The molecule has 25 heavy (non-hydrogen) atoms. The van der Waals surface area contributed by atoms with Gasteiger partial charge in [0.2, 0.25) is 15.9 Å². The molecule has 2 N–H and O–H groups in total. The van der Waals surface area contributed by atoms with Crippen LogP contribution in [0.25, 0.3) is 0 Å². The van der Waals surface area contributed by atoms with Crippen molar-refractivity contribution in [2.75, 3.05) is 19.7 Å². The van der Waals surface area contributed by atoms with E-state index in [1.807, 2.05) is 6.92 Å². The van der Waals surface area contributed by atoms with Gasteiger partial charge in [0.05, 0.1) is 16.9 Å². The summed E-state index contributed by atoms with van der Waals surface area (Å²) in [6.07, 6.45) is 4.26. The highest BCUT2D eigenvalue weighted by Crippen LogP contribution is 2.45. The number of amides is 1. The van der Waals surface area contributed by atoms with Crippen LogP contribution in [0.2, 0.25) is 0 Å². The number of piperidine rings is 1. The Hall–Kier alpha value is -1.60. The van der Waals surface area contributed by atoms with E-state index in [9.17, 15) is 13.2 Å². The smallest absolute Gasteiger partial charge is 0.243 e. The van der Waals surface area contributed by atoms with Crippen molar-refractivity contribution in [3.8, 4) is 5.75 Å². The summed E-state index contributed by atoms with van der Waals surface area (Å²) in [5.41, 5.74) is 4.97. The molecule has 1 aliphatic carbocycles. The molecule has 1 atom stereocenters. The highest BCUT2D eigenvalue weighted by Gasteiger charge is 2.47. The van der Waals surface area contributed by atoms with Gasteiger partial charge in [0, 0.05) is 13.1 Å². The number of carbonyl (C=O) groups excluding carboxylic acids is 1. The Bertz CT molecular complexity index is 728. The number of primary amides is 1. The van der Waals surface area contributed by atoms with Gasteiger partial charge in [0.1, 0.15) is 5.75 Å². The number of hydrogen-bond acceptors (Lipinski definition) is 4. The van der Waals surface area contributed by atoms with Gasteiger partial charge < -0.3 is 10.5 Å². The van der Waals surface area contributed by atoms with Crippen LogP contribution in [-0.4, -0.2) is 38.3 Å². The van der Waals surface area contributed by atoms with Crippen LogP contribution in [0.4, 0.5) is 0 Å². The van der Waals surface area contributed by atoms with Crippen molar-refractivity contribution in [1.29, 1.82) is 0 Å². The third-order valence-electron chi connectivity index (χ3n) is 5.21. The van der Waals surface area contributed by atoms with Gasteiger partial charge in [-0.25, -0.2) is 8.42 Å². The third kappa shape index (κ3) is 3.82. The van der Waals surface area contributed by atoms with Crippen LogP contribution in [0.3, 0.4) is 0 Å². The molecule has 0 spiro atoms. The number of ether oxygens (including phenoxy) is 1. The van der Waals surface area contributed by atoms with Crippen LogP contribution in [0.15, 0.2) is 29.2 Å². The lowest BCUT2D eigenvalue weighted by atomic mass is 9.75. The van der Waals surface area contributed by atoms with Crippen molar-refractivity contribution < 1.29 is 17.9 Å². The predicted octanol–water partition coefficient (Wildman–Crippen LogP) is 2.14. The van der Waals surface area contributed by atoms with Gasteiger partial charge in [-0.1, -0.05) is 12.8 Å². The average molecular weight is 366 g/mol. The SMILES string of the molecule is CCOc1ccc(S(=O)(=O)N2CCCC(CC3CC3)(C(N)=O)C2)cc1. The minimum absolute atomic E-state index is 0.189. The highest BCUT2D eigenvalue weighted by molar-refractivity contribution is 7.89. The fourth-order valence-corrected chi connectivity index (χ4v) is 5.23. The lowest BCUT2D eigenvalue weighted by Gasteiger charge is -2.40. The molecule has 1 aromatic carbocycles. The fourth-order valence-electron chi connectivity index (χ4n) is 3.66. The molecule has 1 heterocycles. The molecule has 1 saturated heterocycles. The molecule has 3 rings (SSSR count). The first-order chi connectivity index (χ1) is 11.9. The minimum Gasteiger partial charge on any atom is -0.494 e. The number of nitrogens with two attached hydrogens (primary N) is 1. The van der Waals surface area contributed by atoms with Crippen LogP contribution in [0, 0.1) is 11.3 Å². The molecule has 2 fully saturated rings. The molecule has 1 unspecified atom stereocenters. The zero-order valence-corrected chi connectivity index (χ0v) is 15.4. The van der Waals surface area contributed by atoms with Gasteiger partial charge in [-0.2, -0.15) is 4.31 Å². The van der Waals surface area contributed by atoms with E-state index < -0.39 is 15.4 Å². The van der Waals surface area contributed by atoms with E-state index >= 15 is 0 Å².